The van der Waals surface area contributed by atoms with Gasteiger partial charge < -0.3 is 24.1 Å². The Balaban J connectivity index is 1.49. The van der Waals surface area contributed by atoms with E-state index in [2.05, 4.69) is 6.58 Å². The molecular weight excluding hydrogens is 580 g/mol. The summed E-state index contributed by atoms with van der Waals surface area (Å²) >= 11 is 25.0. The van der Waals surface area contributed by atoms with Crippen molar-refractivity contribution in [2.24, 2.45) is 0 Å². The minimum atomic E-state index is -1.40. The first-order chi connectivity index (χ1) is 18.3. The van der Waals surface area contributed by atoms with Gasteiger partial charge >= 0.3 is 0 Å². The van der Waals surface area contributed by atoms with Crippen molar-refractivity contribution in [3.8, 4) is 0 Å². The van der Waals surface area contributed by atoms with Crippen LogP contribution in [0.25, 0.3) is 0 Å². The molecule has 12 heteroatoms. The van der Waals surface area contributed by atoms with Crippen molar-refractivity contribution in [2.45, 2.75) is 49.8 Å². The Morgan fingerprint density at radius 1 is 1.00 bits per heavy atom. The summed E-state index contributed by atoms with van der Waals surface area (Å²) < 4.78 is 24.0. The molecule has 0 spiro atoms. The molecule has 0 saturated carbocycles. The minimum Gasteiger partial charge on any atom is -0.388 e. The Morgan fingerprint density at radius 2 is 1.63 bits per heavy atom. The number of fused-ring (bicyclic) bond motifs is 2. The molecule has 5 rings (SSSR count). The summed E-state index contributed by atoms with van der Waals surface area (Å²) in [6, 6.07) is 7.87. The number of hydrogen-bond donors (Lipinski definition) is 1. The molecule has 2 amide bonds. The van der Waals surface area contributed by atoms with Crippen molar-refractivity contribution in [1.82, 2.24) is 4.90 Å². The van der Waals surface area contributed by atoms with Gasteiger partial charge in [-0.1, -0.05) is 82.8 Å². The number of ether oxygens (including phenoxy) is 4. The maximum atomic E-state index is 13.6. The van der Waals surface area contributed by atoms with Crippen molar-refractivity contribution in [3.05, 3.63) is 79.8 Å². The third-order valence-electron chi connectivity index (χ3n) is 6.67. The molecular formula is C26H23Cl4NO7. The van der Waals surface area contributed by atoms with Gasteiger partial charge in [0.25, 0.3) is 11.8 Å². The highest BCUT2D eigenvalue weighted by molar-refractivity contribution is 6.55. The van der Waals surface area contributed by atoms with Crippen molar-refractivity contribution in [1.29, 1.82) is 0 Å². The Morgan fingerprint density at radius 3 is 2.24 bits per heavy atom. The molecule has 6 atom stereocenters. The maximum Gasteiger partial charge on any atom is 0.263 e. The van der Waals surface area contributed by atoms with Crippen LogP contribution in [0.15, 0.2) is 43.0 Å². The van der Waals surface area contributed by atoms with Crippen molar-refractivity contribution in [2.75, 3.05) is 13.2 Å². The van der Waals surface area contributed by atoms with Crippen LogP contribution in [0.2, 0.25) is 20.1 Å². The number of carbonyl (C=O) groups excluding carboxylic acids is 2. The third kappa shape index (κ3) is 4.76. The molecule has 2 saturated heterocycles. The molecule has 3 heterocycles. The predicted molar refractivity (Wildman–Crippen MR) is 141 cm³/mol. The smallest absolute Gasteiger partial charge is 0.263 e. The summed E-state index contributed by atoms with van der Waals surface area (Å²) in [5, 5.41) is 10.9. The number of halogens is 4. The van der Waals surface area contributed by atoms with E-state index in [4.69, 9.17) is 65.4 Å². The van der Waals surface area contributed by atoms with Gasteiger partial charge in [0.2, 0.25) is 0 Å². The summed E-state index contributed by atoms with van der Waals surface area (Å²) in [6.07, 6.45) is -2.04. The summed E-state index contributed by atoms with van der Waals surface area (Å²) in [5.74, 6) is -1.62. The van der Waals surface area contributed by atoms with Crippen molar-refractivity contribution in [3.63, 3.8) is 0 Å². The Hall–Kier alpha value is -1.72. The van der Waals surface area contributed by atoms with E-state index >= 15 is 0 Å². The minimum absolute atomic E-state index is 0.0888. The highest BCUT2D eigenvalue weighted by Crippen LogP contribution is 2.46. The third-order valence-corrected chi connectivity index (χ3v) is 8.47. The number of benzene rings is 2. The predicted octanol–water partition coefficient (Wildman–Crippen LogP) is 5.45. The first-order valence-corrected chi connectivity index (χ1v) is 13.4. The van der Waals surface area contributed by atoms with Gasteiger partial charge in [0, 0.05) is 5.56 Å². The molecule has 2 aromatic carbocycles. The molecule has 2 fully saturated rings. The molecule has 0 aromatic heterocycles. The molecule has 0 radical (unpaired) electrons. The van der Waals surface area contributed by atoms with Crippen LogP contribution in [0.1, 0.15) is 45.4 Å². The molecule has 38 heavy (non-hydrogen) atoms. The van der Waals surface area contributed by atoms with E-state index in [1.807, 2.05) is 30.3 Å². The van der Waals surface area contributed by atoms with Crippen LogP contribution in [-0.4, -0.2) is 65.7 Å². The monoisotopic (exact) mass is 601 g/mol. The van der Waals surface area contributed by atoms with E-state index in [1.54, 1.807) is 6.08 Å². The topological polar surface area (TPSA) is 94.5 Å². The summed E-state index contributed by atoms with van der Waals surface area (Å²) in [6.45, 7) is 4.00. The molecule has 0 unspecified atom stereocenters. The van der Waals surface area contributed by atoms with E-state index in [-0.39, 0.29) is 44.4 Å². The molecule has 1 N–H and O–H groups in total. The Bertz CT molecular complexity index is 1210. The first kappa shape index (κ1) is 27.8. The fourth-order valence-corrected chi connectivity index (χ4v) is 5.85. The zero-order valence-electron chi connectivity index (χ0n) is 19.8. The Labute approximate surface area is 238 Å². The second-order valence-electron chi connectivity index (χ2n) is 8.99. The number of allylic oxidation sites excluding steroid dienone is 1. The average Bonchev–Trinajstić information content (AvgIpc) is 3.19. The van der Waals surface area contributed by atoms with E-state index in [1.165, 1.54) is 0 Å². The molecule has 202 valence electrons. The number of aliphatic hydroxyl groups is 1. The van der Waals surface area contributed by atoms with Crippen LogP contribution >= 0.6 is 46.4 Å². The van der Waals surface area contributed by atoms with E-state index in [0.29, 0.717) is 12.8 Å². The van der Waals surface area contributed by atoms with Crippen LogP contribution in [-0.2, 0) is 18.9 Å². The molecule has 2 aromatic rings. The maximum absolute atomic E-state index is 13.6. The lowest BCUT2D eigenvalue weighted by molar-refractivity contribution is -0.349. The van der Waals surface area contributed by atoms with Gasteiger partial charge in [0.05, 0.1) is 44.4 Å². The number of amides is 2. The van der Waals surface area contributed by atoms with Gasteiger partial charge in [-0.05, 0) is 12.8 Å². The lowest BCUT2D eigenvalue weighted by atomic mass is 9.94. The van der Waals surface area contributed by atoms with Crippen LogP contribution in [0.5, 0.6) is 0 Å². The van der Waals surface area contributed by atoms with E-state index < -0.39 is 48.7 Å². The van der Waals surface area contributed by atoms with Gasteiger partial charge in [-0.25, -0.2) is 0 Å². The molecule has 3 aliphatic heterocycles. The number of imide groups is 1. The molecule has 8 nitrogen and oxygen atoms in total. The van der Waals surface area contributed by atoms with E-state index in [0.717, 1.165) is 10.5 Å². The van der Waals surface area contributed by atoms with Gasteiger partial charge in [-0.15, -0.1) is 6.58 Å². The van der Waals surface area contributed by atoms with Crippen molar-refractivity contribution < 1.29 is 33.6 Å². The normalized spacial score (nSPS) is 28.8. The fraction of sp³-hybridized carbons (Fsp3) is 0.385. The van der Waals surface area contributed by atoms with E-state index in [9.17, 15) is 14.7 Å². The summed E-state index contributed by atoms with van der Waals surface area (Å²) in [7, 11) is 0. The van der Waals surface area contributed by atoms with Gasteiger partial charge in [-0.2, -0.15) is 0 Å². The van der Waals surface area contributed by atoms with Crippen LogP contribution in [0, 0.1) is 0 Å². The summed E-state index contributed by atoms with van der Waals surface area (Å²) in [4.78, 5) is 28.1. The fourth-order valence-electron chi connectivity index (χ4n) is 4.83. The average molecular weight is 603 g/mol. The van der Waals surface area contributed by atoms with Crippen LogP contribution in [0.4, 0.5) is 0 Å². The quantitative estimate of drug-likeness (QED) is 0.148. The number of aliphatic hydroxyl groups excluding tert-OH is 1. The van der Waals surface area contributed by atoms with Gasteiger partial charge in [0.1, 0.15) is 24.4 Å². The second-order valence-corrected chi connectivity index (χ2v) is 10.5. The number of nitrogens with zero attached hydrogens (tertiary/aromatic N) is 1. The first-order valence-electron chi connectivity index (χ1n) is 11.9. The summed E-state index contributed by atoms with van der Waals surface area (Å²) in [5.41, 5.74) is 0.331. The zero-order chi connectivity index (χ0) is 27.1. The van der Waals surface area contributed by atoms with Crippen molar-refractivity contribution >= 4 is 58.2 Å². The SMILES string of the molecule is C=CCCCO[C@@H]1O[C@@H]2CO[C@@H](c3ccccc3)O[C@H]2[C@H](O)[C@H]1N1C(=O)c2c(Cl)c(Cl)c(Cl)c(Cl)c2C1=O. The lowest BCUT2D eigenvalue weighted by Gasteiger charge is -2.49. The molecule has 0 aliphatic carbocycles. The number of rotatable bonds is 7. The lowest BCUT2D eigenvalue weighted by Crippen LogP contribution is -2.67. The zero-order valence-corrected chi connectivity index (χ0v) is 22.8. The largest absolute Gasteiger partial charge is 0.388 e. The van der Waals surface area contributed by atoms with Crippen LogP contribution < -0.4 is 0 Å². The Kier molecular flexibility index (Phi) is 8.36. The molecule has 3 aliphatic rings. The number of carbonyl (C=O) groups is 2. The van der Waals surface area contributed by atoms with Gasteiger partial charge in [-0.3, -0.25) is 14.5 Å². The standard InChI is InChI=1S/C26H23Cl4NO7/c1-2-3-7-10-35-26-20(31-23(33)14-15(24(31)34)17(28)19(30)18(29)16(14)27)21(32)22-13(37-26)11-36-25(38-22)12-8-5-4-6-9-12/h2,4-6,8-9,13,20-22,25-26,32H,1,3,7,10-11H2/t13-,20-,21-,22-,25-,26-/m1/s1. The molecule has 0 bridgehead atoms. The highest BCUT2D eigenvalue weighted by atomic mass is 35.5. The highest BCUT2D eigenvalue weighted by Gasteiger charge is 2.57. The second kappa shape index (κ2) is 11.4. The van der Waals surface area contributed by atoms with Gasteiger partial charge in [0.15, 0.2) is 12.6 Å². The van der Waals surface area contributed by atoms with Crippen LogP contribution in [0.3, 0.4) is 0 Å². The number of hydrogen-bond acceptors (Lipinski definition) is 7. The number of unbranched alkanes of at least 4 members (excludes halogenated alkanes) is 1.